The van der Waals surface area contributed by atoms with Crippen LogP contribution in [-0.2, 0) is 11.3 Å². The molecule has 1 amide bonds. The molecule has 0 aliphatic carbocycles. The molecule has 0 radical (unpaired) electrons. The molecule has 1 atom stereocenters. The van der Waals surface area contributed by atoms with Crippen molar-refractivity contribution in [3.63, 3.8) is 0 Å². The quantitative estimate of drug-likeness (QED) is 0.562. The summed E-state index contributed by atoms with van der Waals surface area (Å²) in [5.74, 6) is 1.16. The molecule has 0 saturated heterocycles. The lowest BCUT2D eigenvalue weighted by Gasteiger charge is -2.26. The summed E-state index contributed by atoms with van der Waals surface area (Å²) in [7, 11) is 1.74. The summed E-state index contributed by atoms with van der Waals surface area (Å²) >= 11 is 6.11. The normalized spacial score (nSPS) is 15.3. The maximum absolute atomic E-state index is 12.2. The Balaban J connectivity index is 1.47. The van der Waals surface area contributed by atoms with Crippen LogP contribution in [-0.4, -0.2) is 48.6 Å². The third kappa shape index (κ3) is 5.11. The molecule has 9 heteroatoms. The summed E-state index contributed by atoms with van der Waals surface area (Å²) < 4.78 is 11.4. The minimum absolute atomic E-state index is 0.0352. The molecule has 8 nitrogen and oxygen atoms in total. The van der Waals surface area contributed by atoms with Gasteiger partial charge in [0.2, 0.25) is 5.91 Å². The van der Waals surface area contributed by atoms with E-state index < -0.39 is 4.92 Å². The van der Waals surface area contributed by atoms with E-state index in [0.717, 1.165) is 0 Å². The van der Waals surface area contributed by atoms with Crippen LogP contribution in [0.25, 0.3) is 0 Å². The van der Waals surface area contributed by atoms with Crippen LogP contribution in [0.2, 0.25) is 5.02 Å². The van der Waals surface area contributed by atoms with Gasteiger partial charge in [0.25, 0.3) is 5.69 Å². The third-order valence-corrected chi connectivity index (χ3v) is 4.56. The number of nitro groups is 1. The van der Waals surface area contributed by atoms with Gasteiger partial charge in [0.1, 0.15) is 12.7 Å². The fraction of sp³-hybridized carbons (Fsp3) is 0.316. The number of fused-ring (bicyclic) bond motifs is 1. The lowest BCUT2D eigenvalue weighted by molar-refractivity contribution is -0.384. The summed E-state index contributed by atoms with van der Waals surface area (Å²) in [5.41, 5.74) is 0.554. The predicted octanol–water partition coefficient (Wildman–Crippen LogP) is 2.64. The molecule has 1 unspecified atom stereocenters. The Morgan fingerprint density at radius 3 is 2.82 bits per heavy atom. The average Bonchev–Trinajstić information content (AvgIpc) is 2.67. The summed E-state index contributed by atoms with van der Waals surface area (Å²) in [6.45, 7) is 1.10. The van der Waals surface area contributed by atoms with Gasteiger partial charge in [0.15, 0.2) is 11.5 Å². The SMILES string of the molecule is CN(CC(=O)NCC1COc2ccccc2O1)Cc1cc([N+](=O)[O-])ccc1Cl. The largest absolute Gasteiger partial charge is 0.486 e. The zero-order valence-electron chi connectivity index (χ0n) is 15.3. The molecule has 0 bridgehead atoms. The molecule has 1 aliphatic heterocycles. The van der Waals surface area contributed by atoms with Crippen molar-refractivity contribution in [2.24, 2.45) is 0 Å². The second-order valence-electron chi connectivity index (χ2n) is 6.51. The number of hydrogen-bond acceptors (Lipinski definition) is 6. The first-order valence-electron chi connectivity index (χ1n) is 8.69. The maximum Gasteiger partial charge on any atom is 0.269 e. The van der Waals surface area contributed by atoms with Crippen LogP contribution in [0.15, 0.2) is 42.5 Å². The van der Waals surface area contributed by atoms with Gasteiger partial charge < -0.3 is 14.8 Å². The number of halogens is 1. The van der Waals surface area contributed by atoms with E-state index in [0.29, 0.717) is 41.8 Å². The minimum atomic E-state index is -0.475. The van der Waals surface area contributed by atoms with Gasteiger partial charge in [-0.3, -0.25) is 19.8 Å². The fourth-order valence-electron chi connectivity index (χ4n) is 2.83. The topological polar surface area (TPSA) is 93.9 Å². The second kappa shape index (κ2) is 8.90. The lowest BCUT2D eigenvalue weighted by Crippen LogP contribution is -2.43. The number of nitro benzene ring substituents is 1. The number of rotatable bonds is 7. The Kier molecular flexibility index (Phi) is 6.33. The number of ether oxygens (including phenoxy) is 2. The van der Waals surface area contributed by atoms with E-state index in [1.54, 1.807) is 11.9 Å². The molecule has 28 heavy (non-hydrogen) atoms. The molecule has 0 fully saturated rings. The highest BCUT2D eigenvalue weighted by molar-refractivity contribution is 6.31. The van der Waals surface area contributed by atoms with Crippen molar-refractivity contribution in [1.29, 1.82) is 0 Å². The Labute approximate surface area is 167 Å². The van der Waals surface area contributed by atoms with Crippen LogP contribution in [0.4, 0.5) is 5.69 Å². The number of non-ortho nitro benzene ring substituents is 1. The van der Waals surface area contributed by atoms with E-state index in [9.17, 15) is 14.9 Å². The molecule has 1 N–H and O–H groups in total. The number of nitrogens with one attached hydrogen (secondary N) is 1. The summed E-state index contributed by atoms with van der Waals surface area (Å²) in [6, 6.07) is 11.6. The molecule has 1 heterocycles. The molecule has 1 aliphatic rings. The van der Waals surface area contributed by atoms with Crippen molar-refractivity contribution in [2.45, 2.75) is 12.6 Å². The average molecular weight is 406 g/mol. The van der Waals surface area contributed by atoms with Crippen LogP contribution >= 0.6 is 11.6 Å². The highest BCUT2D eigenvalue weighted by Gasteiger charge is 2.21. The summed E-state index contributed by atoms with van der Waals surface area (Å²) in [4.78, 5) is 24.4. The zero-order valence-corrected chi connectivity index (χ0v) is 16.0. The number of carbonyl (C=O) groups excluding carboxylic acids is 1. The van der Waals surface area contributed by atoms with Gasteiger partial charge in [-0.1, -0.05) is 23.7 Å². The number of benzene rings is 2. The van der Waals surface area contributed by atoms with E-state index in [1.165, 1.54) is 18.2 Å². The fourth-order valence-corrected chi connectivity index (χ4v) is 3.01. The Hall–Kier alpha value is -2.84. The van der Waals surface area contributed by atoms with E-state index in [4.69, 9.17) is 21.1 Å². The first-order chi connectivity index (χ1) is 13.4. The van der Waals surface area contributed by atoms with E-state index >= 15 is 0 Å². The van der Waals surface area contributed by atoms with Crippen molar-refractivity contribution in [2.75, 3.05) is 26.7 Å². The molecule has 3 rings (SSSR count). The first-order valence-corrected chi connectivity index (χ1v) is 9.06. The monoisotopic (exact) mass is 405 g/mol. The maximum atomic E-state index is 12.2. The standard InChI is InChI=1S/C19H20ClN3O5/c1-22(10-13-8-14(23(25)26)6-7-16(13)20)11-19(24)21-9-15-12-27-17-4-2-3-5-18(17)28-15/h2-8,15H,9-12H2,1H3,(H,21,24). The van der Waals surface area contributed by atoms with E-state index in [-0.39, 0.29) is 24.2 Å². The Morgan fingerprint density at radius 2 is 2.07 bits per heavy atom. The van der Waals surface area contributed by atoms with Crippen LogP contribution < -0.4 is 14.8 Å². The molecular weight excluding hydrogens is 386 g/mol. The number of amides is 1. The molecule has 2 aromatic carbocycles. The zero-order chi connectivity index (χ0) is 20.1. The second-order valence-corrected chi connectivity index (χ2v) is 6.91. The van der Waals surface area contributed by atoms with Gasteiger partial charge in [0.05, 0.1) is 18.0 Å². The molecule has 0 aromatic heterocycles. The third-order valence-electron chi connectivity index (χ3n) is 4.19. The van der Waals surface area contributed by atoms with Gasteiger partial charge in [0, 0.05) is 23.7 Å². The lowest BCUT2D eigenvalue weighted by atomic mass is 10.2. The van der Waals surface area contributed by atoms with Crippen molar-refractivity contribution in [1.82, 2.24) is 10.2 Å². The van der Waals surface area contributed by atoms with Crippen LogP contribution in [0.3, 0.4) is 0 Å². The van der Waals surface area contributed by atoms with Crippen LogP contribution in [0.1, 0.15) is 5.56 Å². The van der Waals surface area contributed by atoms with Crippen molar-refractivity contribution >= 4 is 23.2 Å². The van der Waals surface area contributed by atoms with Crippen LogP contribution in [0.5, 0.6) is 11.5 Å². The van der Waals surface area contributed by atoms with Crippen molar-refractivity contribution in [3.8, 4) is 11.5 Å². The molecule has 148 valence electrons. The van der Waals surface area contributed by atoms with Crippen molar-refractivity contribution in [3.05, 3.63) is 63.2 Å². The van der Waals surface area contributed by atoms with Gasteiger partial charge in [-0.05, 0) is 30.8 Å². The molecular formula is C19H20ClN3O5. The van der Waals surface area contributed by atoms with Gasteiger partial charge in [-0.15, -0.1) is 0 Å². The number of likely N-dealkylation sites (N-methyl/N-ethyl adjacent to an activating group) is 1. The highest BCUT2D eigenvalue weighted by atomic mass is 35.5. The number of carbonyl (C=O) groups is 1. The van der Waals surface area contributed by atoms with Gasteiger partial charge >= 0.3 is 0 Å². The summed E-state index contributed by atoms with van der Waals surface area (Å²) in [5, 5.41) is 14.1. The number of para-hydroxylation sites is 2. The molecule has 0 spiro atoms. The predicted molar refractivity (Wildman–Crippen MR) is 104 cm³/mol. The minimum Gasteiger partial charge on any atom is -0.486 e. The summed E-state index contributed by atoms with van der Waals surface area (Å²) in [6.07, 6.45) is -0.268. The Bertz CT molecular complexity index is 876. The van der Waals surface area contributed by atoms with E-state index in [2.05, 4.69) is 5.32 Å². The van der Waals surface area contributed by atoms with E-state index in [1.807, 2.05) is 24.3 Å². The smallest absolute Gasteiger partial charge is 0.269 e. The number of nitrogens with zero attached hydrogens (tertiary/aromatic N) is 2. The van der Waals surface area contributed by atoms with Crippen molar-refractivity contribution < 1.29 is 19.2 Å². The molecule has 2 aromatic rings. The van der Waals surface area contributed by atoms with Gasteiger partial charge in [-0.2, -0.15) is 0 Å². The molecule has 0 saturated carbocycles. The van der Waals surface area contributed by atoms with Gasteiger partial charge in [-0.25, -0.2) is 0 Å². The first kappa shape index (κ1) is 19.9. The van der Waals surface area contributed by atoms with Crippen LogP contribution in [0, 0.1) is 10.1 Å². The Morgan fingerprint density at radius 1 is 1.32 bits per heavy atom. The highest BCUT2D eigenvalue weighted by Crippen LogP contribution is 2.30. The number of hydrogen-bond donors (Lipinski definition) is 1.